The molecule has 2 aromatic carbocycles. The predicted octanol–water partition coefficient (Wildman–Crippen LogP) is 5.86. The molecular weight excluding hydrogens is 384 g/mol. The third kappa shape index (κ3) is 5.38. The Hall–Kier alpha value is -1.26. The topological polar surface area (TPSA) is 26.3 Å². The lowest BCUT2D eigenvalue weighted by molar-refractivity contribution is -0.140. The monoisotopic (exact) mass is 406 g/mol. The van der Waals surface area contributed by atoms with Gasteiger partial charge in [0.1, 0.15) is 5.25 Å². The molecule has 0 radical (unpaired) electrons. The van der Waals surface area contributed by atoms with E-state index in [1.807, 2.05) is 30.3 Å². The van der Waals surface area contributed by atoms with Crippen molar-refractivity contribution in [2.75, 3.05) is 7.11 Å². The van der Waals surface area contributed by atoms with Crippen molar-refractivity contribution in [2.24, 2.45) is 5.92 Å². The highest BCUT2D eigenvalue weighted by molar-refractivity contribution is 9.10. The summed E-state index contributed by atoms with van der Waals surface area (Å²) in [6.07, 6.45) is 0.803. The first-order valence-corrected chi connectivity index (χ1v) is 9.78. The largest absolute Gasteiger partial charge is 0.468 e. The van der Waals surface area contributed by atoms with E-state index in [0.29, 0.717) is 5.92 Å². The number of esters is 1. The number of halogens is 1. The molecule has 0 amide bonds. The van der Waals surface area contributed by atoms with Gasteiger partial charge in [0.25, 0.3) is 0 Å². The zero-order chi connectivity index (χ0) is 17.5. The molecule has 4 heteroatoms. The molecule has 2 nitrogen and oxygen atoms in total. The van der Waals surface area contributed by atoms with Crippen LogP contribution in [0.2, 0.25) is 0 Å². The van der Waals surface area contributed by atoms with Crippen molar-refractivity contribution in [2.45, 2.75) is 30.8 Å². The van der Waals surface area contributed by atoms with Crippen molar-refractivity contribution in [3.8, 4) is 0 Å². The van der Waals surface area contributed by atoms with Gasteiger partial charge >= 0.3 is 5.97 Å². The molecule has 2 atom stereocenters. The highest BCUT2D eigenvalue weighted by atomic mass is 79.9. The number of thioether (sulfide) groups is 1. The van der Waals surface area contributed by atoms with E-state index in [2.05, 4.69) is 54.0 Å². The number of rotatable bonds is 7. The van der Waals surface area contributed by atoms with E-state index in [1.54, 1.807) is 11.8 Å². The van der Waals surface area contributed by atoms with Crippen LogP contribution in [-0.4, -0.2) is 18.3 Å². The van der Waals surface area contributed by atoms with Gasteiger partial charge in [-0.2, -0.15) is 0 Å². The minimum Gasteiger partial charge on any atom is -0.468 e. The minimum atomic E-state index is -0.177. The third-order valence-electron chi connectivity index (χ3n) is 3.72. The lowest BCUT2D eigenvalue weighted by Gasteiger charge is -2.24. The molecule has 0 N–H and O–H groups in total. The van der Waals surface area contributed by atoms with Crippen LogP contribution in [0.3, 0.4) is 0 Å². The van der Waals surface area contributed by atoms with E-state index < -0.39 is 0 Å². The van der Waals surface area contributed by atoms with Crippen molar-refractivity contribution in [3.63, 3.8) is 0 Å². The molecule has 0 heterocycles. The van der Waals surface area contributed by atoms with Crippen LogP contribution in [0.25, 0.3) is 0 Å². The molecule has 0 bridgehead atoms. The van der Waals surface area contributed by atoms with Gasteiger partial charge in [-0.1, -0.05) is 72.2 Å². The highest BCUT2D eigenvalue weighted by Crippen LogP contribution is 2.40. The molecule has 0 aliphatic rings. The summed E-state index contributed by atoms with van der Waals surface area (Å²) in [4.78, 5) is 12.2. The lowest BCUT2D eigenvalue weighted by atomic mass is 10.0. The summed E-state index contributed by atoms with van der Waals surface area (Å²) in [5, 5.41) is -0.0778. The summed E-state index contributed by atoms with van der Waals surface area (Å²) in [5.41, 5.74) is 2.38. The first-order valence-electron chi connectivity index (χ1n) is 8.05. The molecule has 0 aliphatic heterocycles. The van der Waals surface area contributed by atoms with Crippen LogP contribution in [0, 0.1) is 5.92 Å². The van der Waals surface area contributed by atoms with Crippen LogP contribution in [0.15, 0.2) is 59.1 Å². The summed E-state index contributed by atoms with van der Waals surface area (Å²) < 4.78 is 6.09. The zero-order valence-corrected chi connectivity index (χ0v) is 16.6. The lowest BCUT2D eigenvalue weighted by Crippen LogP contribution is -2.22. The molecule has 2 unspecified atom stereocenters. The van der Waals surface area contributed by atoms with Crippen LogP contribution >= 0.6 is 27.7 Å². The average Bonchev–Trinajstić information content (AvgIpc) is 2.59. The fourth-order valence-corrected chi connectivity index (χ4v) is 4.47. The van der Waals surface area contributed by atoms with Crippen molar-refractivity contribution in [3.05, 3.63) is 70.2 Å². The first kappa shape index (κ1) is 19.1. The smallest absolute Gasteiger partial charge is 0.318 e. The van der Waals surface area contributed by atoms with Gasteiger partial charge in [-0.05, 0) is 35.6 Å². The van der Waals surface area contributed by atoms with E-state index in [0.717, 1.165) is 10.9 Å². The molecular formula is C20H23BrO2S. The summed E-state index contributed by atoms with van der Waals surface area (Å²) in [6.45, 7) is 4.27. The van der Waals surface area contributed by atoms with Crippen LogP contribution in [0.5, 0.6) is 0 Å². The van der Waals surface area contributed by atoms with Crippen molar-refractivity contribution < 1.29 is 9.53 Å². The van der Waals surface area contributed by atoms with Gasteiger partial charge in [0.2, 0.25) is 0 Å². The number of benzene rings is 2. The van der Waals surface area contributed by atoms with Gasteiger partial charge in [-0.15, -0.1) is 11.8 Å². The number of ether oxygens (including phenoxy) is 1. The molecule has 0 saturated heterocycles. The first-order chi connectivity index (χ1) is 11.5. The van der Waals surface area contributed by atoms with E-state index in [1.165, 1.54) is 18.2 Å². The van der Waals surface area contributed by atoms with Crippen molar-refractivity contribution in [1.82, 2.24) is 0 Å². The number of methoxy groups -OCH3 is 1. The molecule has 0 aromatic heterocycles. The zero-order valence-electron chi connectivity index (χ0n) is 14.2. The Labute approximate surface area is 157 Å². The van der Waals surface area contributed by atoms with Crippen LogP contribution in [-0.2, 0) is 9.53 Å². The predicted molar refractivity (Wildman–Crippen MR) is 105 cm³/mol. The Balaban J connectivity index is 2.34. The van der Waals surface area contributed by atoms with Crippen LogP contribution < -0.4 is 0 Å². The number of hydrogen-bond donors (Lipinski definition) is 0. The molecule has 2 aromatic rings. The fraction of sp³-hybridized carbons (Fsp3) is 0.350. The summed E-state index contributed by atoms with van der Waals surface area (Å²) >= 11 is 5.16. The summed E-state index contributed by atoms with van der Waals surface area (Å²) in [6, 6.07) is 18.6. The van der Waals surface area contributed by atoms with Crippen molar-refractivity contribution >= 4 is 33.7 Å². The quantitative estimate of drug-likeness (QED) is 0.538. The fourth-order valence-electron chi connectivity index (χ4n) is 2.55. The molecule has 0 spiro atoms. The molecule has 0 saturated carbocycles. The maximum Gasteiger partial charge on any atom is 0.318 e. The van der Waals surface area contributed by atoms with Gasteiger partial charge < -0.3 is 4.74 Å². The van der Waals surface area contributed by atoms with Gasteiger partial charge in [0.15, 0.2) is 0 Å². The normalized spacial score (nSPS) is 13.5. The third-order valence-corrected chi connectivity index (χ3v) is 5.78. The van der Waals surface area contributed by atoms with Gasteiger partial charge in [-0.25, -0.2) is 0 Å². The van der Waals surface area contributed by atoms with Gasteiger partial charge in [0.05, 0.1) is 12.4 Å². The Bertz CT molecular complexity index is 640. The van der Waals surface area contributed by atoms with E-state index >= 15 is 0 Å². The van der Waals surface area contributed by atoms with Gasteiger partial charge in [0, 0.05) is 4.47 Å². The van der Waals surface area contributed by atoms with E-state index in [4.69, 9.17) is 4.74 Å². The molecule has 24 heavy (non-hydrogen) atoms. The molecule has 2 rings (SSSR count). The number of hydrogen-bond acceptors (Lipinski definition) is 3. The van der Waals surface area contributed by atoms with Crippen LogP contribution in [0.4, 0.5) is 0 Å². The second-order valence-corrected chi connectivity index (χ2v) is 8.35. The second-order valence-electron chi connectivity index (χ2n) is 6.12. The Kier molecular flexibility index (Phi) is 7.38. The van der Waals surface area contributed by atoms with Crippen LogP contribution in [0.1, 0.15) is 36.6 Å². The maximum atomic E-state index is 12.2. The molecule has 0 fully saturated rings. The molecule has 0 aliphatic carbocycles. The van der Waals surface area contributed by atoms with E-state index in [9.17, 15) is 4.79 Å². The number of carbonyl (C=O) groups is 1. The van der Waals surface area contributed by atoms with Crippen molar-refractivity contribution in [1.29, 1.82) is 0 Å². The standard InChI is InChI=1S/C20H23BrO2S/c1-14(2)13-18(20(22)23-3)24-19(15-7-5-4-6-8-15)16-9-11-17(21)12-10-16/h4-12,14,18-19H,13H2,1-3H3. The molecule has 128 valence electrons. The second kappa shape index (κ2) is 9.28. The minimum absolute atomic E-state index is 0.0992. The summed E-state index contributed by atoms with van der Waals surface area (Å²) in [5.74, 6) is 0.287. The number of carbonyl (C=O) groups excluding carboxylic acids is 1. The highest BCUT2D eigenvalue weighted by Gasteiger charge is 2.27. The maximum absolute atomic E-state index is 12.2. The van der Waals surface area contributed by atoms with Gasteiger partial charge in [-0.3, -0.25) is 4.79 Å². The average molecular weight is 407 g/mol. The SMILES string of the molecule is COC(=O)C(CC(C)C)SC(c1ccccc1)c1ccc(Br)cc1. The summed E-state index contributed by atoms with van der Waals surface area (Å²) in [7, 11) is 1.47. The van der Waals surface area contributed by atoms with E-state index in [-0.39, 0.29) is 16.5 Å². The Morgan fingerprint density at radius 1 is 1.04 bits per heavy atom. The Morgan fingerprint density at radius 2 is 1.62 bits per heavy atom. The Morgan fingerprint density at radius 3 is 2.17 bits per heavy atom.